The van der Waals surface area contributed by atoms with Gasteiger partial charge in [0.1, 0.15) is 0 Å². The number of carbonyl (C=O) groups excluding carboxylic acids is 1. The molecule has 2 fully saturated rings. The molecule has 0 spiro atoms. The van der Waals surface area contributed by atoms with E-state index in [1.54, 1.807) is 0 Å². The lowest BCUT2D eigenvalue weighted by Crippen LogP contribution is -2.46. The van der Waals surface area contributed by atoms with Crippen LogP contribution in [0.15, 0.2) is 0 Å². The molecule has 3 N–H and O–H groups in total. The number of aliphatic hydroxyl groups excluding tert-OH is 1. The Morgan fingerprint density at radius 3 is 2.82 bits per heavy atom. The number of ether oxygens (including phenoxy) is 1. The minimum Gasteiger partial charge on any atom is -0.393 e. The molecule has 4 atom stereocenters. The van der Waals surface area contributed by atoms with Gasteiger partial charge in [0.25, 0.3) is 0 Å². The zero-order chi connectivity index (χ0) is 12.3. The average molecular weight is 242 g/mol. The number of aliphatic hydroxyl groups is 1. The lowest BCUT2D eigenvalue weighted by molar-refractivity contribution is 0.114. The summed E-state index contributed by atoms with van der Waals surface area (Å²) in [7, 11) is 0. The number of hydrogen-bond acceptors (Lipinski definition) is 3. The standard InChI is InChI=1S/C12H22N2O3/c1-8-11(4-5-17-8)14-12(16)13-7-9-2-3-10(15)6-9/h8-11,15H,2-7H2,1H3,(H2,13,14,16). The Kier molecular flexibility index (Phi) is 4.23. The third-order valence-corrected chi connectivity index (χ3v) is 3.76. The number of nitrogens with one attached hydrogen (secondary N) is 2. The Labute approximate surface area is 102 Å². The van der Waals surface area contributed by atoms with E-state index in [1.165, 1.54) is 0 Å². The van der Waals surface area contributed by atoms with Crippen molar-refractivity contribution >= 4 is 6.03 Å². The first-order valence-corrected chi connectivity index (χ1v) is 6.49. The van der Waals surface area contributed by atoms with Crippen molar-refractivity contribution in [3.8, 4) is 0 Å². The van der Waals surface area contributed by atoms with Crippen LogP contribution in [0.5, 0.6) is 0 Å². The van der Waals surface area contributed by atoms with Crippen molar-refractivity contribution in [2.24, 2.45) is 5.92 Å². The van der Waals surface area contributed by atoms with Crippen LogP contribution < -0.4 is 10.6 Å². The fraction of sp³-hybridized carbons (Fsp3) is 0.917. The molecule has 0 aromatic heterocycles. The Bertz CT molecular complexity index is 272. The molecule has 1 aliphatic heterocycles. The van der Waals surface area contributed by atoms with Crippen molar-refractivity contribution in [3.63, 3.8) is 0 Å². The fourth-order valence-corrected chi connectivity index (χ4v) is 2.61. The van der Waals surface area contributed by atoms with E-state index in [0.717, 1.165) is 32.3 Å². The topological polar surface area (TPSA) is 70.6 Å². The summed E-state index contributed by atoms with van der Waals surface area (Å²) in [6.45, 7) is 3.36. The SMILES string of the molecule is CC1OCCC1NC(=O)NCC1CCC(O)C1. The van der Waals surface area contributed by atoms with Gasteiger partial charge < -0.3 is 20.5 Å². The van der Waals surface area contributed by atoms with Crippen molar-refractivity contribution < 1.29 is 14.6 Å². The summed E-state index contributed by atoms with van der Waals surface area (Å²) in [4.78, 5) is 11.6. The van der Waals surface area contributed by atoms with E-state index < -0.39 is 0 Å². The molecule has 5 nitrogen and oxygen atoms in total. The molecule has 0 bridgehead atoms. The Hall–Kier alpha value is -0.810. The molecule has 98 valence electrons. The van der Waals surface area contributed by atoms with Gasteiger partial charge in [-0.3, -0.25) is 0 Å². The highest BCUT2D eigenvalue weighted by Gasteiger charge is 2.26. The van der Waals surface area contributed by atoms with E-state index in [9.17, 15) is 9.90 Å². The summed E-state index contributed by atoms with van der Waals surface area (Å²) >= 11 is 0. The van der Waals surface area contributed by atoms with Crippen LogP contribution in [0.3, 0.4) is 0 Å². The van der Waals surface area contributed by atoms with Crippen LogP contribution in [0.25, 0.3) is 0 Å². The van der Waals surface area contributed by atoms with Crippen LogP contribution in [0.4, 0.5) is 4.79 Å². The lowest BCUT2D eigenvalue weighted by Gasteiger charge is -2.17. The van der Waals surface area contributed by atoms with Crippen molar-refractivity contribution in [3.05, 3.63) is 0 Å². The Morgan fingerprint density at radius 2 is 2.24 bits per heavy atom. The van der Waals surface area contributed by atoms with Gasteiger partial charge in [-0.25, -0.2) is 4.79 Å². The summed E-state index contributed by atoms with van der Waals surface area (Å²) < 4.78 is 5.38. The number of urea groups is 1. The zero-order valence-electron chi connectivity index (χ0n) is 10.3. The van der Waals surface area contributed by atoms with E-state index in [4.69, 9.17) is 4.74 Å². The van der Waals surface area contributed by atoms with E-state index in [2.05, 4.69) is 10.6 Å². The summed E-state index contributed by atoms with van der Waals surface area (Å²) in [5.74, 6) is 0.424. The number of carbonyl (C=O) groups is 1. The molecule has 4 unspecified atom stereocenters. The highest BCUT2D eigenvalue weighted by Crippen LogP contribution is 2.24. The second-order valence-electron chi connectivity index (χ2n) is 5.16. The van der Waals surface area contributed by atoms with E-state index >= 15 is 0 Å². The highest BCUT2D eigenvalue weighted by atomic mass is 16.5. The summed E-state index contributed by atoms with van der Waals surface area (Å²) in [5, 5.41) is 15.2. The zero-order valence-corrected chi connectivity index (χ0v) is 10.3. The quantitative estimate of drug-likeness (QED) is 0.679. The van der Waals surface area contributed by atoms with Crippen LogP contribution in [0.2, 0.25) is 0 Å². The molecule has 0 aromatic carbocycles. The minimum atomic E-state index is -0.173. The van der Waals surface area contributed by atoms with Crippen molar-refractivity contribution in [1.82, 2.24) is 10.6 Å². The Balaban J connectivity index is 1.64. The molecule has 2 aliphatic rings. The van der Waals surface area contributed by atoms with Crippen LogP contribution in [0, 0.1) is 5.92 Å². The molecular formula is C12H22N2O3. The average Bonchev–Trinajstić information content (AvgIpc) is 2.86. The summed E-state index contributed by atoms with van der Waals surface area (Å²) in [6, 6.07) is 0.0120. The van der Waals surface area contributed by atoms with Crippen molar-refractivity contribution in [2.75, 3.05) is 13.2 Å². The smallest absolute Gasteiger partial charge is 0.315 e. The van der Waals surface area contributed by atoms with Gasteiger partial charge in [0.05, 0.1) is 18.2 Å². The normalized spacial score (nSPS) is 37.1. The first kappa shape index (κ1) is 12.6. The fourth-order valence-electron chi connectivity index (χ4n) is 2.61. The first-order chi connectivity index (χ1) is 8.15. The molecule has 0 aromatic rings. The maximum absolute atomic E-state index is 11.6. The summed E-state index contributed by atoms with van der Waals surface area (Å²) in [6.07, 6.45) is 3.49. The molecule has 2 rings (SSSR count). The molecule has 5 heteroatoms. The second-order valence-corrected chi connectivity index (χ2v) is 5.16. The molecule has 2 amide bonds. The predicted octanol–water partition coefficient (Wildman–Crippen LogP) is 0.624. The van der Waals surface area contributed by atoms with E-state index in [0.29, 0.717) is 12.5 Å². The van der Waals surface area contributed by atoms with Gasteiger partial charge in [-0.1, -0.05) is 0 Å². The van der Waals surface area contributed by atoms with Crippen LogP contribution in [-0.4, -0.2) is 42.5 Å². The maximum Gasteiger partial charge on any atom is 0.315 e. The molecule has 1 aliphatic carbocycles. The molecule has 1 heterocycles. The van der Waals surface area contributed by atoms with E-state index in [-0.39, 0.29) is 24.3 Å². The number of rotatable bonds is 3. The lowest BCUT2D eigenvalue weighted by atomic mass is 10.1. The van der Waals surface area contributed by atoms with Crippen LogP contribution in [0.1, 0.15) is 32.6 Å². The molecule has 1 saturated heterocycles. The largest absolute Gasteiger partial charge is 0.393 e. The minimum absolute atomic E-state index is 0.106. The van der Waals surface area contributed by atoms with Gasteiger partial charge >= 0.3 is 6.03 Å². The highest BCUT2D eigenvalue weighted by molar-refractivity contribution is 5.74. The van der Waals surface area contributed by atoms with Gasteiger partial charge in [-0.15, -0.1) is 0 Å². The third kappa shape index (κ3) is 3.57. The molecule has 1 saturated carbocycles. The van der Waals surface area contributed by atoms with Gasteiger partial charge in [0, 0.05) is 13.2 Å². The van der Waals surface area contributed by atoms with Crippen LogP contribution in [-0.2, 0) is 4.74 Å². The van der Waals surface area contributed by atoms with Gasteiger partial charge in [-0.2, -0.15) is 0 Å². The van der Waals surface area contributed by atoms with Crippen LogP contribution >= 0.6 is 0 Å². The third-order valence-electron chi connectivity index (χ3n) is 3.76. The van der Waals surface area contributed by atoms with E-state index in [1.807, 2.05) is 6.92 Å². The van der Waals surface area contributed by atoms with Gasteiger partial charge in [-0.05, 0) is 38.5 Å². The van der Waals surface area contributed by atoms with Crippen molar-refractivity contribution in [2.45, 2.75) is 50.9 Å². The van der Waals surface area contributed by atoms with Gasteiger partial charge in [0.15, 0.2) is 0 Å². The monoisotopic (exact) mass is 242 g/mol. The predicted molar refractivity (Wildman–Crippen MR) is 63.7 cm³/mol. The number of amides is 2. The summed E-state index contributed by atoms with van der Waals surface area (Å²) in [5.41, 5.74) is 0. The first-order valence-electron chi connectivity index (χ1n) is 6.49. The van der Waals surface area contributed by atoms with Crippen molar-refractivity contribution in [1.29, 1.82) is 0 Å². The number of hydrogen-bond donors (Lipinski definition) is 3. The maximum atomic E-state index is 11.6. The molecule has 17 heavy (non-hydrogen) atoms. The molecule has 0 radical (unpaired) electrons. The van der Waals surface area contributed by atoms with Gasteiger partial charge in [0.2, 0.25) is 0 Å². The Morgan fingerprint density at radius 1 is 1.41 bits per heavy atom. The molecular weight excluding hydrogens is 220 g/mol. The second kappa shape index (κ2) is 5.69.